The Morgan fingerprint density at radius 1 is 0.969 bits per heavy atom. The van der Waals surface area contributed by atoms with Crippen LogP contribution in [0.15, 0.2) is 4.42 Å². The smallest absolute Gasteiger partial charge is 0.242 e. The summed E-state index contributed by atoms with van der Waals surface area (Å²) >= 11 is 0. The van der Waals surface area contributed by atoms with Crippen molar-refractivity contribution in [2.24, 2.45) is 5.41 Å². The summed E-state index contributed by atoms with van der Waals surface area (Å²) in [6, 6.07) is -0.224. The second-order valence-corrected chi connectivity index (χ2v) is 10.3. The van der Waals surface area contributed by atoms with E-state index in [0.29, 0.717) is 44.4 Å². The first kappa shape index (κ1) is 22.7. The third-order valence-electron chi connectivity index (χ3n) is 6.83. The summed E-state index contributed by atoms with van der Waals surface area (Å²) in [5, 5.41) is 8.64. The second-order valence-electron chi connectivity index (χ2n) is 10.3. The largest absolute Gasteiger partial charge is 0.423 e. The van der Waals surface area contributed by atoms with E-state index in [2.05, 4.69) is 10.2 Å². The van der Waals surface area contributed by atoms with E-state index in [4.69, 9.17) is 4.42 Å². The topological polar surface area (TPSA) is 99.9 Å². The normalized spacial score (nSPS) is 23.2. The van der Waals surface area contributed by atoms with E-state index in [1.165, 1.54) is 0 Å². The van der Waals surface area contributed by atoms with Gasteiger partial charge in [0.25, 0.3) is 0 Å². The van der Waals surface area contributed by atoms with Crippen LogP contribution in [-0.4, -0.2) is 75.3 Å². The Balaban J connectivity index is 1.39. The highest BCUT2D eigenvalue weighted by atomic mass is 16.4. The van der Waals surface area contributed by atoms with Gasteiger partial charge in [0.05, 0.1) is 6.54 Å². The summed E-state index contributed by atoms with van der Waals surface area (Å²) in [6.07, 6.45) is 5.69. The number of hydrogen-bond donors (Lipinski definition) is 0. The van der Waals surface area contributed by atoms with Crippen LogP contribution in [0.1, 0.15) is 89.5 Å². The van der Waals surface area contributed by atoms with Crippen molar-refractivity contribution in [2.45, 2.75) is 77.7 Å². The summed E-state index contributed by atoms with van der Waals surface area (Å²) < 4.78 is 6.10. The highest BCUT2D eigenvalue weighted by Gasteiger charge is 2.36. The molecule has 0 aliphatic carbocycles. The molecule has 1 aromatic heterocycles. The molecule has 4 rings (SSSR count). The monoisotopic (exact) mass is 445 g/mol. The van der Waals surface area contributed by atoms with E-state index in [0.717, 1.165) is 38.5 Å². The average Bonchev–Trinajstić information content (AvgIpc) is 3.42. The van der Waals surface area contributed by atoms with Crippen LogP contribution in [0, 0.1) is 5.41 Å². The lowest BCUT2D eigenvalue weighted by molar-refractivity contribution is -0.141. The van der Waals surface area contributed by atoms with E-state index in [-0.39, 0.29) is 41.6 Å². The van der Waals surface area contributed by atoms with Crippen LogP contribution < -0.4 is 0 Å². The Kier molecular flexibility index (Phi) is 6.53. The maximum absolute atomic E-state index is 13.0. The molecule has 4 heterocycles. The molecule has 3 amide bonds. The van der Waals surface area contributed by atoms with E-state index < -0.39 is 0 Å². The third kappa shape index (κ3) is 4.81. The standard InChI is InChI=1S/C23H35N5O4/c1-23(2,3)22(31)26-13-9-16(10-14-26)20-24-25-21(32-20)17-7-4-5-12-28(17)19(30)15-27-11-6-8-18(27)29/h16-17H,4-15H2,1-3H3/t17-/m1/s1. The Bertz CT molecular complexity index is 853. The zero-order valence-electron chi connectivity index (χ0n) is 19.5. The molecule has 9 heteroatoms. The van der Waals surface area contributed by atoms with Gasteiger partial charge in [-0.25, -0.2) is 0 Å². The minimum absolute atomic E-state index is 0.0429. The fraction of sp³-hybridized carbons (Fsp3) is 0.783. The van der Waals surface area contributed by atoms with E-state index in [1.807, 2.05) is 30.6 Å². The molecule has 0 spiro atoms. The molecular formula is C23H35N5O4. The molecule has 0 N–H and O–H groups in total. The van der Waals surface area contributed by atoms with Crippen molar-refractivity contribution in [1.29, 1.82) is 0 Å². The molecule has 32 heavy (non-hydrogen) atoms. The number of carbonyl (C=O) groups excluding carboxylic acids is 3. The van der Waals surface area contributed by atoms with E-state index in [1.54, 1.807) is 4.90 Å². The van der Waals surface area contributed by atoms with Gasteiger partial charge in [0.1, 0.15) is 6.04 Å². The molecule has 3 saturated heterocycles. The molecule has 176 valence electrons. The molecule has 1 atom stereocenters. The van der Waals surface area contributed by atoms with Gasteiger partial charge < -0.3 is 19.1 Å². The number of rotatable bonds is 4. The van der Waals surface area contributed by atoms with Crippen molar-refractivity contribution in [1.82, 2.24) is 24.9 Å². The molecular weight excluding hydrogens is 410 g/mol. The predicted molar refractivity (Wildman–Crippen MR) is 116 cm³/mol. The van der Waals surface area contributed by atoms with Gasteiger partial charge in [0, 0.05) is 43.9 Å². The quantitative estimate of drug-likeness (QED) is 0.706. The minimum Gasteiger partial charge on any atom is -0.423 e. The molecule has 3 fully saturated rings. The Hall–Kier alpha value is -2.45. The zero-order chi connectivity index (χ0) is 22.9. The summed E-state index contributed by atoms with van der Waals surface area (Å²) in [7, 11) is 0. The average molecular weight is 446 g/mol. The van der Waals surface area contributed by atoms with Crippen molar-refractivity contribution in [3.8, 4) is 0 Å². The lowest BCUT2D eigenvalue weighted by atomic mass is 9.91. The molecule has 0 bridgehead atoms. The van der Waals surface area contributed by atoms with Gasteiger partial charge in [-0.2, -0.15) is 0 Å². The maximum atomic E-state index is 13.0. The SMILES string of the molecule is CC(C)(C)C(=O)N1CCC(c2nnc([C@H]3CCCCN3C(=O)CN3CCCC3=O)o2)CC1. The molecule has 0 saturated carbocycles. The lowest BCUT2D eigenvalue weighted by Gasteiger charge is -2.35. The zero-order valence-corrected chi connectivity index (χ0v) is 19.5. The Labute approximate surface area is 189 Å². The number of carbonyl (C=O) groups is 3. The van der Waals surface area contributed by atoms with Crippen LogP contribution >= 0.6 is 0 Å². The van der Waals surface area contributed by atoms with Crippen LogP contribution in [0.2, 0.25) is 0 Å². The molecule has 3 aliphatic rings. The van der Waals surface area contributed by atoms with Crippen LogP contribution in [0.4, 0.5) is 0 Å². The van der Waals surface area contributed by atoms with Crippen molar-refractivity contribution >= 4 is 17.7 Å². The molecule has 1 aromatic rings. The van der Waals surface area contributed by atoms with Gasteiger partial charge in [-0.1, -0.05) is 20.8 Å². The van der Waals surface area contributed by atoms with Gasteiger partial charge in [-0.15, -0.1) is 10.2 Å². The van der Waals surface area contributed by atoms with Gasteiger partial charge in [-0.05, 0) is 38.5 Å². The van der Waals surface area contributed by atoms with Gasteiger partial charge in [0.15, 0.2) is 0 Å². The summed E-state index contributed by atoms with van der Waals surface area (Å²) in [5.74, 6) is 1.43. The minimum atomic E-state index is -0.374. The van der Waals surface area contributed by atoms with Gasteiger partial charge in [0.2, 0.25) is 29.5 Å². The van der Waals surface area contributed by atoms with Gasteiger partial charge >= 0.3 is 0 Å². The van der Waals surface area contributed by atoms with Crippen LogP contribution in [0.3, 0.4) is 0 Å². The number of likely N-dealkylation sites (tertiary alicyclic amines) is 3. The van der Waals surface area contributed by atoms with E-state index >= 15 is 0 Å². The molecule has 0 aromatic carbocycles. The number of aromatic nitrogens is 2. The van der Waals surface area contributed by atoms with Crippen LogP contribution in [0.25, 0.3) is 0 Å². The van der Waals surface area contributed by atoms with Crippen molar-refractivity contribution < 1.29 is 18.8 Å². The van der Waals surface area contributed by atoms with Crippen LogP contribution in [0.5, 0.6) is 0 Å². The van der Waals surface area contributed by atoms with Crippen molar-refractivity contribution in [3.63, 3.8) is 0 Å². The first-order valence-electron chi connectivity index (χ1n) is 11.9. The van der Waals surface area contributed by atoms with Gasteiger partial charge in [-0.3, -0.25) is 14.4 Å². The molecule has 3 aliphatic heterocycles. The number of hydrogen-bond acceptors (Lipinski definition) is 6. The number of nitrogens with zero attached hydrogens (tertiary/aromatic N) is 5. The maximum Gasteiger partial charge on any atom is 0.242 e. The Morgan fingerprint density at radius 3 is 2.34 bits per heavy atom. The lowest BCUT2D eigenvalue weighted by Crippen LogP contribution is -2.44. The number of piperidine rings is 2. The first-order valence-corrected chi connectivity index (χ1v) is 11.9. The summed E-state index contributed by atoms with van der Waals surface area (Å²) in [6.45, 7) is 8.66. The van der Waals surface area contributed by atoms with Crippen LogP contribution in [-0.2, 0) is 14.4 Å². The van der Waals surface area contributed by atoms with Crippen molar-refractivity contribution in [2.75, 3.05) is 32.7 Å². The summed E-state index contributed by atoms with van der Waals surface area (Å²) in [4.78, 5) is 42.8. The fourth-order valence-corrected chi connectivity index (χ4v) is 4.96. The fourth-order valence-electron chi connectivity index (χ4n) is 4.96. The molecule has 0 radical (unpaired) electrons. The highest BCUT2D eigenvalue weighted by molar-refractivity contribution is 5.86. The molecule has 0 unspecified atom stereocenters. The highest BCUT2D eigenvalue weighted by Crippen LogP contribution is 2.34. The molecule has 9 nitrogen and oxygen atoms in total. The van der Waals surface area contributed by atoms with Crippen molar-refractivity contribution in [3.05, 3.63) is 11.8 Å². The third-order valence-corrected chi connectivity index (χ3v) is 6.83. The van der Waals surface area contributed by atoms with E-state index in [9.17, 15) is 14.4 Å². The predicted octanol–water partition coefficient (Wildman–Crippen LogP) is 2.50. The number of amides is 3. The first-order chi connectivity index (χ1) is 15.2. The second kappa shape index (κ2) is 9.19. The Morgan fingerprint density at radius 2 is 1.69 bits per heavy atom. The summed E-state index contributed by atoms with van der Waals surface area (Å²) in [5.41, 5.74) is -0.374.